The van der Waals surface area contributed by atoms with E-state index >= 15 is 0 Å². The second kappa shape index (κ2) is 7.26. The van der Waals surface area contributed by atoms with E-state index in [-0.39, 0.29) is 18.0 Å². The lowest BCUT2D eigenvalue weighted by molar-refractivity contribution is -0.122. The highest BCUT2D eigenvalue weighted by atomic mass is 16.5. The molecule has 0 aromatic heterocycles. The van der Waals surface area contributed by atoms with Gasteiger partial charge < -0.3 is 10.1 Å². The SMILES string of the molecule is CCCCOc1ccccc1C1CC(C(=O)NC)NN1. The fourth-order valence-corrected chi connectivity index (χ4v) is 2.33. The van der Waals surface area contributed by atoms with Crippen molar-refractivity contribution < 1.29 is 9.53 Å². The predicted octanol–water partition coefficient (Wildman–Crippen LogP) is 1.52. The van der Waals surface area contributed by atoms with Crippen LogP contribution in [0.5, 0.6) is 5.75 Å². The second-order valence-corrected chi connectivity index (χ2v) is 4.98. The van der Waals surface area contributed by atoms with Crippen molar-refractivity contribution in [2.24, 2.45) is 0 Å². The number of carbonyl (C=O) groups is 1. The maximum absolute atomic E-state index is 11.6. The third-order valence-electron chi connectivity index (χ3n) is 3.52. The molecule has 2 rings (SSSR count). The molecule has 0 aliphatic carbocycles. The number of hydrogen-bond acceptors (Lipinski definition) is 4. The smallest absolute Gasteiger partial charge is 0.238 e. The summed E-state index contributed by atoms with van der Waals surface area (Å²) in [5, 5.41) is 2.66. The number of amides is 1. The topological polar surface area (TPSA) is 62.4 Å². The Balaban J connectivity index is 2.03. The second-order valence-electron chi connectivity index (χ2n) is 4.98. The Labute approximate surface area is 120 Å². The average Bonchev–Trinajstić information content (AvgIpc) is 2.97. The summed E-state index contributed by atoms with van der Waals surface area (Å²) in [7, 11) is 1.65. The monoisotopic (exact) mass is 277 g/mol. The molecule has 3 N–H and O–H groups in total. The number of hydrazine groups is 1. The fraction of sp³-hybridized carbons (Fsp3) is 0.533. The van der Waals surface area contributed by atoms with E-state index in [4.69, 9.17) is 4.74 Å². The van der Waals surface area contributed by atoms with Crippen molar-refractivity contribution in [3.8, 4) is 5.75 Å². The van der Waals surface area contributed by atoms with Gasteiger partial charge in [-0.25, -0.2) is 10.9 Å². The van der Waals surface area contributed by atoms with Crippen LogP contribution >= 0.6 is 0 Å². The van der Waals surface area contributed by atoms with Crippen LogP contribution in [0.3, 0.4) is 0 Å². The Kier molecular flexibility index (Phi) is 5.38. The molecule has 1 heterocycles. The first kappa shape index (κ1) is 14.8. The summed E-state index contributed by atoms with van der Waals surface area (Å²) < 4.78 is 5.84. The van der Waals surface area contributed by atoms with Gasteiger partial charge in [0.05, 0.1) is 12.6 Å². The summed E-state index contributed by atoms with van der Waals surface area (Å²) in [6.07, 6.45) is 2.88. The third kappa shape index (κ3) is 3.49. The van der Waals surface area contributed by atoms with Crippen LogP contribution in [0.2, 0.25) is 0 Å². The lowest BCUT2D eigenvalue weighted by Gasteiger charge is -2.15. The molecule has 0 bridgehead atoms. The van der Waals surface area contributed by atoms with Crippen LogP contribution in [-0.4, -0.2) is 25.6 Å². The summed E-state index contributed by atoms with van der Waals surface area (Å²) in [5.41, 5.74) is 7.31. The van der Waals surface area contributed by atoms with Gasteiger partial charge in [0.25, 0.3) is 0 Å². The van der Waals surface area contributed by atoms with E-state index in [1.54, 1.807) is 7.05 Å². The Morgan fingerprint density at radius 3 is 2.95 bits per heavy atom. The molecule has 5 nitrogen and oxygen atoms in total. The molecule has 1 aliphatic heterocycles. The molecule has 0 spiro atoms. The molecule has 1 amide bonds. The summed E-state index contributed by atoms with van der Waals surface area (Å²) in [4.78, 5) is 11.6. The first-order valence-electron chi connectivity index (χ1n) is 7.20. The molecule has 1 fully saturated rings. The Hall–Kier alpha value is -1.59. The van der Waals surface area contributed by atoms with Crippen LogP contribution in [0.25, 0.3) is 0 Å². The van der Waals surface area contributed by atoms with Crippen molar-refractivity contribution in [1.82, 2.24) is 16.2 Å². The molecule has 1 saturated heterocycles. The predicted molar refractivity (Wildman–Crippen MR) is 78.3 cm³/mol. The number of benzene rings is 1. The maximum atomic E-state index is 11.6. The molecule has 2 atom stereocenters. The van der Waals surface area contributed by atoms with Crippen molar-refractivity contribution in [2.75, 3.05) is 13.7 Å². The van der Waals surface area contributed by atoms with Gasteiger partial charge in [0.2, 0.25) is 5.91 Å². The average molecular weight is 277 g/mol. The number of para-hydroxylation sites is 1. The minimum atomic E-state index is -0.200. The molecular formula is C15H23N3O2. The van der Waals surface area contributed by atoms with Crippen LogP contribution in [0.1, 0.15) is 37.8 Å². The highest BCUT2D eigenvalue weighted by Crippen LogP contribution is 2.30. The van der Waals surface area contributed by atoms with Crippen LogP contribution < -0.4 is 20.9 Å². The van der Waals surface area contributed by atoms with E-state index in [1.165, 1.54) is 0 Å². The first-order valence-corrected chi connectivity index (χ1v) is 7.20. The van der Waals surface area contributed by atoms with Crippen molar-refractivity contribution in [2.45, 2.75) is 38.3 Å². The van der Waals surface area contributed by atoms with E-state index < -0.39 is 0 Å². The third-order valence-corrected chi connectivity index (χ3v) is 3.52. The molecule has 0 saturated carbocycles. The quantitative estimate of drug-likeness (QED) is 0.690. The van der Waals surface area contributed by atoms with E-state index in [9.17, 15) is 4.79 Å². The van der Waals surface area contributed by atoms with Crippen molar-refractivity contribution in [3.05, 3.63) is 29.8 Å². The van der Waals surface area contributed by atoms with Crippen molar-refractivity contribution >= 4 is 5.91 Å². The van der Waals surface area contributed by atoms with E-state index in [1.807, 2.05) is 24.3 Å². The van der Waals surface area contributed by atoms with Gasteiger partial charge in [-0.15, -0.1) is 0 Å². The summed E-state index contributed by atoms with van der Waals surface area (Å²) in [6.45, 7) is 2.87. The molecular weight excluding hydrogens is 254 g/mol. The Morgan fingerprint density at radius 1 is 1.40 bits per heavy atom. The lowest BCUT2D eigenvalue weighted by atomic mass is 10.0. The zero-order chi connectivity index (χ0) is 14.4. The molecule has 0 radical (unpaired) electrons. The van der Waals surface area contributed by atoms with Crippen LogP contribution in [0, 0.1) is 0 Å². The van der Waals surface area contributed by atoms with Gasteiger partial charge >= 0.3 is 0 Å². The summed E-state index contributed by atoms with van der Waals surface area (Å²) >= 11 is 0. The molecule has 2 unspecified atom stereocenters. The number of unbranched alkanes of at least 4 members (excludes halogenated alkanes) is 1. The van der Waals surface area contributed by atoms with Crippen LogP contribution in [0.4, 0.5) is 0 Å². The van der Waals surface area contributed by atoms with Gasteiger partial charge in [-0.05, 0) is 18.9 Å². The van der Waals surface area contributed by atoms with Gasteiger partial charge in [0.1, 0.15) is 11.8 Å². The number of nitrogens with one attached hydrogen (secondary N) is 3. The number of rotatable bonds is 6. The maximum Gasteiger partial charge on any atom is 0.238 e. The molecule has 5 heteroatoms. The molecule has 20 heavy (non-hydrogen) atoms. The van der Waals surface area contributed by atoms with Gasteiger partial charge in [-0.3, -0.25) is 4.79 Å². The number of ether oxygens (including phenoxy) is 1. The van der Waals surface area contributed by atoms with E-state index in [0.717, 1.165) is 30.8 Å². The number of likely N-dealkylation sites (N-methyl/N-ethyl adjacent to an activating group) is 1. The molecule has 1 aromatic rings. The highest BCUT2D eigenvalue weighted by Gasteiger charge is 2.30. The van der Waals surface area contributed by atoms with Crippen LogP contribution in [-0.2, 0) is 4.79 Å². The molecule has 1 aromatic carbocycles. The minimum absolute atomic E-state index is 0.00406. The lowest BCUT2D eigenvalue weighted by Crippen LogP contribution is -2.41. The van der Waals surface area contributed by atoms with Crippen LogP contribution in [0.15, 0.2) is 24.3 Å². The van der Waals surface area contributed by atoms with E-state index in [2.05, 4.69) is 23.1 Å². The number of carbonyl (C=O) groups excluding carboxylic acids is 1. The first-order chi connectivity index (χ1) is 9.76. The normalized spacial score (nSPS) is 21.7. The standard InChI is InChI=1S/C15H23N3O2/c1-3-4-9-20-14-8-6-5-7-11(14)12-10-13(18-17-12)15(19)16-2/h5-8,12-13,17-18H,3-4,9-10H2,1-2H3,(H,16,19). The van der Waals surface area contributed by atoms with Gasteiger partial charge in [-0.1, -0.05) is 31.5 Å². The van der Waals surface area contributed by atoms with Gasteiger partial charge in [-0.2, -0.15) is 0 Å². The minimum Gasteiger partial charge on any atom is -0.493 e. The zero-order valence-electron chi connectivity index (χ0n) is 12.1. The molecule has 110 valence electrons. The Bertz CT molecular complexity index is 450. The van der Waals surface area contributed by atoms with Gasteiger partial charge in [0, 0.05) is 12.6 Å². The fourth-order valence-electron chi connectivity index (χ4n) is 2.33. The highest BCUT2D eigenvalue weighted by molar-refractivity contribution is 5.81. The summed E-state index contributed by atoms with van der Waals surface area (Å²) in [6, 6.07) is 7.90. The van der Waals surface area contributed by atoms with E-state index in [0.29, 0.717) is 6.42 Å². The van der Waals surface area contributed by atoms with Crippen molar-refractivity contribution in [3.63, 3.8) is 0 Å². The Morgan fingerprint density at radius 2 is 2.20 bits per heavy atom. The largest absolute Gasteiger partial charge is 0.493 e. The van der Waals surface area contributed by atoms with Gasteiger partial charge in [0.15, 0.2) is 0 Å². The number of hydrogen-bond donors (Lipinski definition) is 3. The molecule has 1 aliphatic rings. The zero-order valence-corrected chi connectivity index (χ0v) is 12.1. The van der Waals surface area contributed by atoms with Crippen molar-refractivity contribution in [1.29, 1.82) is 0 Å². The summed E-state index contributed by atoms with van der Waals surface area (Å²) in [5.74, 6) is 0.905.